The van der Waals surface area contributed by atoms with Gasteiger partial charge in [0.1, 0.15) is 5.82 Å². The summed E-state index contributed by atoms with van der Waals surface area (Å²) in [4.78, 5) is 3.94. The lowest BCUT2D eigenvalue weighted by molar-refractivity contribution is 0.599. The number of nitrogens with one attached hydrogen (secondary N) is 3. The summed E-state index contributed by atoms with van der Waals surface area (Å²) in [5.74, 6) is -0.511. The Hall–Kier alpha value is -3.04. The average Bonchev–Trinajstić information content (AvgIpc) is 2.64. The van der Waals surface area contributed by atoms with Crippen molar-refractivity contribution in [1.29, 1.82) is 0 Å². The van der Waals surface area contributed by atoms with Gasteiger partial charge in [-0.1, -0.05) is 12.1 Å². The van der Waals surface area contributed by atoms with Crippen molar-refractivity contribution in [3.63, 3.8) is 0 Å². The second kappa shape index (κ2) is 8.11. The fraction of sp³-hybridized carbons (Fsp3) is 0. The first-order chi connectivity index (χ1) is 12.9. The lowest BCUT2D eigenvalue weighted by Gasteiger charge is -2.15. The Bertz CT molecular complexity index is 1040. The van der Waals surface area contributed by atoms with Crippen LogP contribution in [0.3, 0.4) is 0 Å². The van der Waals surface area contributed by atoms with Crippen LogP contribution in [0.25, 0.3) is 0 Å². The SMILES string of the molecule is O=S(=O)(Nc1ccccc1NC(=S)Nc1cccnc1)c1ccc(F)cc1. The van der Waals surface area contributed by atoms with E-state index in [-0.39, 0.29) is 10.0 Å². The Morgan fingerprint density at radius 1 is 0.926 bits per heavy atom. The normalized spacial score (nSPS) is 10.9. The highest BCUT2D eigenvalue weighted by Crippen LogP contribution is 2.24. The van der Waals surface area contributed by atoms with Crippen LogP contribution in [-0.4, -0.2) is 18.5 Å². The lowest BCUT2D eigenvalue weighted by Crippen LogP contribution is -2.21. The fourth-order valence-electron chi connectivity index (χ4n) is 2.22. The van der Waals surface area contributed by atoms with Crippen LogP contribution in [0, 0.1) is 5.82 Å². The Balaban J connectivity index is 1.77. The Labute approximate surface area is 161 Å². The maximum Gasteiger partial charge on any atom is 0.261 e. The van der Waals surface area contributed by atoms with E-state index < -0.39 is 15.8 Å². The number of pyridine rings is 1. The van der Waals surface area contributed by atoms with Gasteiger partial charge in [0.05, 0.1) is 28.2 Å². The van der Waals surface area contributed by atoms with Crippen LogP contribution in [0.1, 0.15) is 0 Å². The zero-order chi connectivity index (χ0) is 19.3. The molecule has 27 heavy (non-hydrogen) atoms. The Kier molecular flexibility index (Phi) is 5.63. The molecule has 0 aliphatic heterocycles. The van der Waals surface area contributed by atoms with E-state index >= 15 is 0 Å². The number of sulfonamides is 1. The molecule has 1 aromatic heterocycles. The van der Waals surface area contributed by atoms with Gasteiger partial charge in [-0.15, -0.1) is 0 Å². The first-order valence-corrected chi connectivity index (χ1v) is 9.69. The van der Waals surface area contributed by atoms with Gasteiger partial charge in [-0.2, -0.15) is 0 Å². The first-order valence-electron chi connectivity index (χ1n) is 7.79. The fourth-order valence-corrected chi connectivity index (χ4v) is 3.53. The quantitative estimate of drug-likeness (QED) is 0.563. The van der Waals surface area contributed by atoms with Crippen molar-refractivity contribution >= 4 is 44.4 Å². The molecule has 0 fully saturated rings. The van der Waals surface area contributed by atoms with E-state index in [4.69, 9.17) is 12.2 Å². The van der Waals surface area contributed by atoms with Gasteiger partial charge in [-0.25, -0.2) is 12.8 Å². The predicted octanol–water partition coefficient (Wildman–Crippen LogP) is 3.83. The van der Waals surface area contributed by atoms with Crippen LogP contribution in [0.4, 0.5) is 21.5 Å². The van der Waals surface area contributed by atoms with E-state index in [0.717, 1.165) is 12.1 Å². The molecule has 0 amide bonds. The predicted molar refractivity (Wildman–Crippen MR) is 108 cm³/mol. The van der Waals surface area contributed by atoms with Gasteiger partial charge in [0, 0.05) is 6.20 Å². The van der Waals surface area contributed by atoms with Gasteiger partial charge < -0.3 is 10.6 Å². The van der Waals surface area contributed by atoms with E-state index in [9.17, 15) is 12.8 Å². The smallest absolute Gasteiger partial charge is 0.261 e. The van der Waals surface area contributed by atoms with Crippen LogP contribution in [-0.2, 0) is 10.0 Å². The van der Waals surface area contributed by atoms with Gasteiger partial charge in [-0.3, -0.25) is 9.71 Å². The zero-order valence-electron chi connectivity index (χ0n) is 13.9. The van der Waals surface area contributed by atoms with E-state index in [2.05, 4.69) is 20.3 Å². The minimum Gasteiger partial charge on any atom is -0.331 e. The lowest BCUT2D eigenvalue weighted by atomic mass is 10.3. The molecule has 1 heterocycles. The van der Waals surface area contributed by atoms with E-state index in [1.807, 2.05) is 0 Å². The number of halogens is 1. The molecule has 0 radical (unpaired) electrons. The molecule has 3 aromatic rings. The number of nitrogens with zero attached hydrogens (tertiary/aromatic N) is 1. The summed E-state index contributed by atoms with van der Waals surface area (Å²) in [6, 6.07) is 14.8. The number of para-hydroxylation sites is 2. The summed E-state index contributed by atoms with van der Waals surface area (Å²) >= 11 is 5.26. The van der Waals surface area contributed by atoms with Crippen molar-refractivity contribution in [2.45, 2.75) is 4.90 Å². The van der Waals surface area contributed by atoms with E-state index in [0.29, 0.717) is 17.1 Å². The largest absolute Gasteiger partial charge is 0.331 e. The standard InChI is InChI=1S/C18H15FN4O2S2/c19-13-7-9-15(10-8-13)27(24,25)23-17-6-2-1-5-16(17)22-18(26)21-14-4-3-11-20-12-14/h1-12,23H,(H2,21,22,26). The monoisotopic (exact) mass is 402 g/mol. The van der Waals surface area contributed by atoms with Gasteiger partial charge in [-0.05, 0) is 60.7 Å². The first kappa shape index (κ1) is 18.7. The van der Waals surface area contributed by atoms with Crippen molar-refractivity contribution < 1.29 is 12.8 Å². The number of benzene rings is 2. The van der Waals surface area contributed by atoms with Crippen molar-refractivity contribution in [2.24, 2.45) is 0 Å². The highest BCUT2D eigenvalue weighted by Gasteiger charge is 2.16. The maximum absolute atomic E-state index is 13.0. The van der Waals surface area contributed by atoms with Crippen LogP contribution >= 0.6 is 12.2 Å². The average molecular weight is 402 g/mol. The van der Waals surface area contributed by atoms with E-state index in [1.54, 1.807) is 48.8 Å². The van der Waals surface area contributed by atoms with Gasteiger partial charge in [0.25, 0.3) is 10.0 Å². The number of hydrogen-bond donors (Lipinski definition) is 3. The molecule has 0 saturated heterocycles. The highest BCUT2D eigenvalue weighted by atomic mass is 32.2. The van der Waals surface area contributed by atoms with Crippen LogP contribution in [0.5, 0.6) is 0 Å². The van der Waals surface area contributed by atoms with E-state index in [1.165, 1.54) is 12.1 Å². The molecule has 0 aliphatic rings. The van der Waals surface area contributed by atoms with Crippen LogP contribution in [0.15, 0.2) is 78.0 Å². The zero-order valence-corrected chi connectivity index (χ0v) is 15.5. The Morgan fingerprint density at radius 2 is 1.63 bits per heavy atom. The molecule has 3 rings (SSSR count). The molecule has 0 aliphatic carbocycles. The summed E-state index contributed by atoms with van der Waals surface area (Å²) in [6.45, 7) is 0. The maximum atomic E-state index is 13.0. The topological polar surface area (TPSA) is 83.1 Å². The molecule has 0 atom stereocenters. The van der Waals surface area contributed by atoms with Gasteiger partial charge in [0.2, 0.25) is 0 Å². The number of aromatic nitrogens is 1. The summed E-state index contributed by atoms with van der Waals surface area (Å²) in [7, 11) is -3.88. The van der Waals surface area contributed by atoms with Crippen LogP contribution in [0.2, 0.25) is 0 Å². The molecule has 2 aromatic carbocycles. The molecule has 9 heteroatoms. The second-order valence-electron chi connectivity index (χ2n) is 5.43. The molecule has 3 N–H and O–H groups in total. The molecule has 0 bridgehead atoms. The molecule has 6 nitrogen and oxygen atoms in total. The molecular weight excluding hydrogens is 387 g/mol. The van der Waals surface area contributed by atoms with Gasteiger partial charge in [0.15, 0.2) is 5.11 Å². The number of thiocarbonyl (C=S) groups is 1. The summed E-state index contributed by atoms with van der Waals surface area (Å²) in [6.07, 6.45) is 3.25. The number of hydrogen-bond acceptors (Lipinski definition) is 4. The number of rotatable bonds is 5. The third-order valence-corrected chi connectivity index (χ3v) is 5.05. The molecule has 138 valence electrons. The minimum absolute atomic E-state index is 0.0465. The molecular formula is C18H15FN4O2S2. The molecule has 0 unspecified atom stereocenters. The summed E-state index contributed by atoms with van der Waals surface area (Å²) in [5.41, 5.74) is 1.46. The third-order valence-electron chi connectivity index (χ3n) is 3.46. The molecule has 0 spiro atoms. The van der Waals surface area contributed by atoms with Crippen molar-refractivity contribution in [3.8, 4) is 0 Å². The highest BCUT2D eigenvalue weighted by molar-refractivity contribution is 7.92. The van der Waals surface area contributed by atoms with Crippen LogP contribution < -0.4 is 15.4 Å². The molecule has 0 saturated carbocycles. The second-order valence-corrected chi connectivity index (χ2v) is 7.52. The summed E-state index contributed by atoms with van der Waals surface area (Å²) < 4.78 is 40.6. The minimum atomic E-state index is -3.88. The Morgan fingerprint density at radius 3 is 2.30 bits per heavy atom. The third kappa shape index (κ3) is 4.99. The van der Waals surface area contributed by atoms with Crippen molar-refractivity contribution in [3.05, 3.63) is 78.9 Å². The van der Waals surface area contributed by atoms with Gasteiger partial charge >= 0.3 is 0 Å². The number of anilines is 3. The summed E-state index contributed by atoms with van der Waals surface area (Å²) in [5, 5.41) is 6.18. The van der Waals surface area contributed by atoms with Crippen molar-refractivity contribution in [2.75, 3.05) is 15.4 Å². The van der Waals surface area contributed by atoms with Crippen molar-refractivity contribution in [1.82, 2.24) is 4.98 Å².